The summed E-state index contributed by atoms with van der Waals surface area (Å²) < 4.78 is 16.6. The molecule has 2 aliphatic heterocycles. The van der Waals surface area contributed by atoms with Gasteiger partial charge in [0.15, 0.2) is 11.5 Å². The highest BCUT2D eigenvalue weighted by Crippen LogP contribution is 2.40. The number of rotatable bonds is 3. The highest BCUT2D eigenvalue weighted by molar-refractivity contribution is 5.95. The number of aromatic nitrogens is 2. The van der Waals surface area contributed by atoms with Gasteiger partial charge in [0.1, 0.15) is 0 Å². The van der Waals surface area contributed by atoms with Crippen LogP contribution in [0.5, 0.6) is 11.5 Å². The third kappa shape index (κ3) is 4.11. The third-order valence-electron chi connectivity index (χ3n) is 6.31. The van der Waals surface area contributed by atoms with E-state index in [2.05, 4.69) is 42.9 Å². The minimum atomic E-state index is -0.150. The van der Waals surface area contributed by atoms with Crippen molar-refractivity contribution in [3.63, 3.8) is 0 Å². The van der Waals surface area contributed by atoms with Crippen LogP contribution in [0.1, 0.15) is 61.8 Å². The molecule has 3 atom stereocenters. The van der Waals surface area contributed by atoms with Crippen LogP contribution < -0.4 is 19.7 Å². The summed E-state index contributed by atoms with van der Waals surface area (Å²) in [5.41, 5.74) is 2.57. The quantitative estimate of drug-likeness (QED) is 0.787. The second-order valence-electron chi connectivity index (χ2n) is 9.87. The molecule has 3 unspecified atom stereocenters. The predicted molar refractivity (Wildman–Crippen MR) is 119 cm³/mol. The highest BCUT2D eigenvalue weighted by atomic mass is 16.7. The van der Waals surface area contributed by atoms with Gasteiger partial charge in [-0.05, 0) is 50.3 Å². The standard InChI is InChI=1S/C24H30N4O4/c1-14-11-28(12-15(2)32-14)23-25-10-17-18(8-24(3,4)9-19(17)27-23)26-22(29)16-5-6-20-21(7-16)31-13-30-20/h5-7,10,14-15,18H,8-9,11-13H2,1-4H3,(H,26,29). The average Bonchev–Trinajstić information content (AvgIpc) is 3.19. The van der Waals surface area contributed by atoms with Gasteiger partial charge in [0.25, 0.3) is 5.91 Å². The molecule has 1 fully saturated rings. The van der Waals surface area contributed by atoms with Crippen molar-refractivity contribution in [2.45, 2.75) is 58.8 Å². The second kappa shape index (κ2) is 7.92. The molecule has 1 aromatic heterocycles. The van der Waals surface area contributed by atoms with Crippen molar-refractivity contribution in [2.24, 2.45) is 5.41 Å². The van der Waals surface area contributed by atoms with Crippen molar-refractivity contribution in [1.82, 2.24) is 15.3 Å². The lowest BCUT2D eigenvalue weighted by atomic mass is 9.74. The summed E-state index contributed by atoms with van der Waals surface area (Å²) in [7, 11) is 0. The lowest BCUT2D eigenvalue weighted by Crippen LogP contribution is -2.46. The molecule has 0 saturated carbocycles. The number of carbonyl (C=O) groups is 1. The van der Waals surface area contributed by atoms with Gasteiger partial charge in [-0.3, -0.25) is 4.79 Å². The third-order valence-corrected chi connectivity index (χ3v) is 6.31. The smallest absolute Gasteiger partial charge is 0.251 e. The summed E-state index contributed by atoms with van der Waals surface area (Å²) in [6.45, 7) is 10.3. The maximum absolute atomic E-state index is 13.0. The van der Waals surface area contributed by atoms with Gasteiger partial charge >= 0.3 is 0 Å². The van der Waals surface area contributed by atoms with E-state index in [1.807, 2.05) is 6.20 Å². The van der Waals surface area contributed by atoms with Crippen molar-refractivity contribution >= 4 is 11.9 Å². The number of nitrogens with one attached hydrogen (secondary N) is 1. The number of anilines is 1. The number of fused-ring (bicyclic) bond motifs is 2. The van der Waals surface area contributed by atoms with Crippen molar-refractivity contribution in [2.75, 3.05) is 24.8 Å². The van der Waals surface area contributed by atoms with Gasteiger partial charge in [-0.15, -0.1) is 0 Å². The van der Waals surface area contributed by atoms with E-state index in [4.69, 9.17) is 19.2 Å². The van der Waals surface area contributed by atoms with E-state index in [9.17, 15) is 4.79 Å². The maximum atomic E-state index is 13.0. The molecule has 8 heteroatoms. The molecule has 1 aliphatic carbocycles. The molecule has 3 heterocycles. The summed E-state index contributed by atoms with van der Waals surface area (Å²) in [5.74, 6) is 1.86. The van der Waals surface area contributed by atoms with Gasteiger partial charge in [-0.25, -0.2) is 9.97 Å². The molecule has 8 nitrogen and oxygen atoms in total. The van der Waals surface area contributed by atoms with E-state index < -0.39 is 0 Å². The zero-order valence-electron chi connectivity index (χ0n) is 19.1. The molecule has 32 heavy (non-hydrogen) atoms. The number of benzene rings is 1. The lowest BCUT2D eigenvalue weighted by Gasteiger charge is -2.38. The Balaban J connectivity index is 1.39. The first-order valence-electron chi connectivity index (χ1n) is 11.2. The molecule has 0 spiro atoms. The van der Waals surface area contributed by atoms with Crippen LogP contribution in [-0.4, -0.2) is 48.0 Å². The number of ether oxygens (including phenoxy) is 3. The van der Waals surface area contributed by atoms with Crippen molar-refractivity contribution in [1.29, 1.82) is 0 Å². The minimum absolute atomic E-state index is 0.0110. The first-order chi connectivity index (χ1) is 15.3. The van der Waals surface area contributed by atoms with E-state index in [1.54, 1.807) is 18.2 Å². The number of nitrogens with zero attached hydrogens (tertiary/aromatic N) is 3. The number of morpholine rings is 1. The van der Waals surface area contributed by atoms with Gasteiger partial charge in [-0.1, -0.05) is 13.8 Å². The SMILES string of the molecule is CC1CN(c2ncc3c(n2)CC(C)(C)CC3NC(=O)c2ccc3c(c2)OCO3)CC(C)O1. The molecule has 1 saturated heterocycles. The summed E-state index contributed by atoms with van der Waals surface area (Å²) >= 11 is 0. The van der Waals surface area contributed by atoms with E-state index in [0.29, 0.717) is 17.1 Å². The average molecular weight is 439 g/mol. The zero-order valence-corrected chi connectivity index (χ0v) is 19.1. The number of carbonyl (C=O) groups excluding carboxylic acids is 1. The van der Waals surface area contributed by atoms with Crippen LogP contribution in [-0.2, 0) is 11.2 Å². The van der Waals surface area contributed by atoms with Gasteiger partial charge in [0.2, 0.25) is 12.7 Å². The Bertz CT molecular complexity index is 1030. The number of hydrogen-bond acceptors (Lipinski definition) is 7. The summed E-state index contributed by atoms with van der Waals surface area (Å²) in [6.07, 6.45) is 3.85. The van der Waals surface area contributed by atoms with E-state index in [-0.39, 0.29) is 36.4 Å². The first kappa shape index (κ1) is 21.0. The Labute approximate surface area is 188 Å². The van der Waals surface area contributed by atoms with Crippen molar-refractivity contribution in [3.8, 4) is 11.5 Å². The van der Waals surface area contributed by atoms with E-state index in [1.165, 1.54) is 0 Å². The Hall–Kier alpha value is -2.87. The number of amides is 1. The molecule has 5 rings (SSSR count). The topological polar surface area (TPSA) is 85.8 Å². The fourth-order valence-corrected chi connectivity index (χ4v) is 4.94. The van der Waals surface area contributed by atoms with Crippen molar-refractivity contribution in [3.05, 3.63) is 41.2 Å². The zero-order chi connectivity index (χ0) is 22.5. The maximum Gasteiger partial charge on any atom is 0.251 e. The van der Waals surface area contributed by atoms with Gasteiger partial charge in [-0.2, -0.15) is 0 Å². The fraction of sp³-hybridized carbons (Fsp3) is 0.542. The normalized spacial score (nSPS) is 25.9. The molecule has 1 aromatic carbocycles. The summed E-state index contributed by atoms with van der Waals surface area (Å²) in [6, 6.07) is 5.11. The monoisotopic (exact) mass is 438 g/mol. The largest absolute Gasteiger partial charge is 0.454 e. The van der Waals surface area contributed by atoms with Crippen molar-refractivity contribution < 1.29 is 19.0 Å². The van der Waals surface area contributed by atoms with Gasteiger partial charge in [0, 0.05) is 30.4 Å². The first-order valence-corrected chi connectivity index (χ1v) is 11.2. The molecule has 0 bridgehead atoms. The highest BCUT2D eigenvalue weighted by Gasteiger charge is 2.35. The van der Waals surface area contributed by atoms with Gasteiger partial charge < -0.3 is 24.4 Å². The Morgan fingerprint density at radius 2 is 1.91 bits per heavy atom. The summed E-state index contributed by atoms with van der Waals surface area (Å²) in [4.78, 5) is 24.9. The van der Waals surface area contributed by atoms with Crippen LogP contribution in [0.4, 0.5) is 5.95 Å². The molecular formula is C24H30N4O4. The minimum Gasteiger partial charge on any atom is -0.454 e. The molecule has 3 aliphatic rings. The second-order valence-corrected chi connectivity index (χ2v) is 9.87. The lowest BCUT2D eigenvalue weighted by molar-refractivity contribution is -0.00575. The molecule has 1 N–H and O–H groups in total. The van der Waals surface area contributed by atoms with Crippen LogP contribution in [0.2, 0.25) is 0 Å². The Morgan fingerprint density at radius 1 is 1.16 bits per heavy atom. The predicted octanol–water partition coefficient (Wildman–Crippen LogP) is 3.26. The molecule has 1 amide bonds. The molecule has 0 radical (unpaired) electrons. The Morgan fingerprint density at radius 3 is 2.69 bits per heavy atom. The molecule has 170 valence electrons. The fourth-order valence-electron chi connectivity index (χ4n) is 4.94. The molecule has 2 aromatic rings. The van der Waals surface area contributed by atoms with Crippen LogP contribution >= 0.6 is 0 Å². The number of hydrogen-bond donors (Lipinski definition) is 1. The van der Waals surface area contributed by atoms with Crippen LogP contribution in [0, 0.1) is 5.41 Å². The van der Waals surface area contributed by atoms with E-state index >= 15 is 0 Å². The van der Waals surface area contributed by atoms with Gasteiger partial charge in [0.05, 0.1) is 23.9 Å². The van der Waals surface area contributed by atoms with E-state index in [0.717, 1.165) is 43.1 Å². The van der Waals surface area contributed by atoms with Crippen LogP contribution in [0.3, 0.4) is 0 Å². The molecular weight excluding hydrogens is 408 g/mol. The van der Waals surface area contributed by atoms with Crippen LogP contribution in [0.25, 0.3) is 0 Å². The summed E-state index contributed by atoms with van der Waals surface area (Å²) in [5, 5.41) is 3.20. The van der Waals surface area contributed by atoms with Crippen LogP contribution in [0.15, 0.2) is 24.4 Å². The Kier molecular flexibility index (Phi) is 5.20.